The van der Waals surface area contributed by atoms with E-state index in [2.05, 4.69) is 0 Å². The summed E-state index contributed by atoms with van der Waals surface area (Å²) >= 11 is 5.91. The average Bonchev–Trinajstić information content (AvgIpc) is 2.97. The van der Waals surface area contributed by atoms with Gasteiger partial charge in [0.25, 0.3) is 0 Å². The quantitative estimate of drug-likeness (QED) is 0.853. The lowest BCUT2D eigenvalue weighted by molar-refractivity contribution is -0.139. The maximum atomic E-state index is 12.9. The predicted octanol–water partition coefficient (Wildman–Crippen LogP) is 1.92. The predicted molar refractivity (Wildman–Crippen MR) is 57.9 cm³/mol. The summed E-state index contributed by atoms with van der Waals surface area (Å²) in [7, 11) is 0. The third-order valence-corrected chi connectivity index (χ3v) is 3.43. The van der Waals surface area contributed by atoms with Crippen LogP contribution >= 0.6 is 11.6 Å². The standard InChI is InChI=1S/C11H11ClFNO2/c12-8-5-6(13)1-2-7(8)11(3-4-11)9(14)10(15)16/h1-2,5,9H,3-4,14H2,(H,15,16). The van der Waals surface area contributed by atoms with Crippen LogP contribution in [0.3, 0.4) is 0 Å². The molecule has 2 rings (SSSR count). The van der Waals surface area contributed by atoms with Crippen molar-refractivity contribution >= 4 is 17.6 Å². The Morgan fingerprint density at radius 3 is 2.62 bits per heavy atom. The van der Waals surface area contributed by atoms with E-state index in [0.717, 1.165) is 0 Å². The highest BCUT2D eigenvalue weighted by molar-refractivity contribution is 6.31. The molecule has 0 amide bonds. The van der Waals surface area contributed by atoms with E-state index in [9.17, 15) is 9.18 Å². The molecule has 1 fully saturated rings. The number of benzene rings is 1. The number of nitrogens with two attached hydrogens (primary N) is 1. The van der Waals surface area contributed by atoms with Crippen molar-refractivity contribution in [3.63, 3.8) is 0 Å². The molecule has 0 heterocycles. The third kappa shape index (κ3) is 1.68. The van der Waals surface area contributed by atoms with Crippen LogP contribution in [0.4, 0.5) is 4.39 Å². The summed E-state index contributed by atoms with van der Waals surface area (Å²) in [6.45, 7) is 0. The fourth-order valence-electron chi connectivity index (χ4n) is 2.01. The molecule has 3 N–H and O–H groups in total. The molecule has 0 saturated heterocycles. The van der Waals surface area contributed by atoms with Crippen LogP contribution in [-0.4, -0.2) is 17.1 Å². The van der Waals surface area contributed by atoms with Crippen molar-refractivity contribution in [1.29, 1.82) is 0 Å². The summed E-state index contributed by atoms with van der Waals surface area (Å²) < 4.78 is 12.9. The van der Waals surface area contributed by atoms with Crippen LogP contribution in [0.5, 0.6) is 0 Å². The minimum atomic E-state index is -1.06. The number of rotatable bonds is 3. The second-order valence-corrected chi connectivity index (χ2v) is 4.50. The Labute approximate surface area is 97.0 Å². The van der Waals surface area contributed by atoms with Gasteiger partial charge in [-0.25, -0.2) is 4.39 Å². The van der Waals surface area contributed by atoms with Gasteiger partial charge < -0.3 is 10.8 Å². The lowest BCUT2D eigenvalue weighted by Gasteiger charge is -2.21. The molecule has 1 atom stereocenters. The molecule has 1 aliphatic carbocycles. The zero-order chi connectivity index (χ0) is 11.9. The molecule has 1 aromatic rings. The molecule has 0 aromatic heterocycles. The first kappa shape index (κ1) is 11.4. The topological polar surface area (TPSA) is 63.3 Å². The minimum Gasteiger partial charge on any atom is -0.480 e. The third-order valence-electron chi connectivity index (χ3n) is 3.12. The van der Waals surface area contributed by atoms with Crippen molar-refractivity contribution in [2.45, 2.75) is 24.3 Å². The number of carboxylic acids is 1. The zero-order valence-electron chi connectivity index (χ0n) is 8.41. The Bertz CT molecular complexity index is 446. The van der Waals surface area contributed by atoms with Crippen LogP contribution in [0, 0.1) is 5.82 Å². The Kier molecular flexibility index (Phi) is 2.64. The fraction of sp³-hybridized carbons (Fsp3) is 0.364. The molecule has 0 aliphatic heterocycles. The SMILES string of the molecule is NC(C(=O)O)C1(c2ccc(F)cc2Cl)CC1. The van der Waals surface area contributed by atoms with Crippen LogP contribution in [-0.2, 0) is 10.2 Å². The zero-order valence-corrected chi connectivity index (χ0v) is 9.17. The Balaban J connectivity index is 2.40. The van der Waals surface area contributed by atoms with E-state index in [4.69, 9.17) is 22.4 Å². The van der Waals surface area contributed by atoms with E-state index < -0.39 is 23.2 Å². The molecular formula is C11H11ClFNO2. The van der Waals surface area contributed by atoms with Crippen molar-refractivity contribution in [1.82, 2.24) is 0 Å². The smallest absolute Gasteiger partial charge is 0.321 e. The summed E-state index contributed by atoms with van der Waals surface area (Å²) in [4.78, 5) is 10.9. The normalized spacial score (nSPS) is 19.2. The summed E-state index contributed by atoms with van der Waals surface area (Å²) in [5.74, 6) is -1.49. The van der Waals surface area contributed by atoms with Crippen LogP contribution in [0.25, 0.3) is 0 Å². The molecule has 0 radical (unpaired) electrons. The number of carboxylic acid groups (broad SMARTS) is 1. The Hall–Kier alpha value is -1.13. The highest BCUT2D eigenvalue weighted by Gasteiger charge is 2.53. The van der Waals surface area contributed by atoms with E-state index in [1.54, 1.807) is 0 Å². The molecule has 1 unspecified atom stereocenters. The number of hydrogen-bond acceptors (Lipinski definition) is 2. The van der Waals surface area contributed by atoms with Gasteiger partial charge in [-0.15, -0.1) is 0 Å². The van der Waals surface area contributed by atoms with Crippen molar-refractivity contribution in [3.05, 3.63) is 34.6 Å². The van der Waals surface area contributed by atoms with Gasteiger partial charge in [0.05, 0.1) is 0 Å². The van der Waals surface area contributed by atoms with Gasteiger partial charge in [-0.05, 0) is 30.5 Å². The average molecular weight is 244 g/mol. The van der Waals surface area contributed by atoms with Crippen molar-refractivity contribution in [3.8, 4) is 0 Å². The van der Waals surface area contributed by atoms with Crippen LogP contribution in [0.1, 0.15) is 18.4 Å². The number of aliphatic carboxylic acids is 1. The van der Waals surface area contributed by atoms with E-state index in [1.165, 1.54) is 18.2 Å². The van der Waals surface area contributed by atoms with Crippen LogP contribution < -0.4 is 5.73 Å². The molecule has 1 aromatic carbocycles. The lowest BCUT2D eigenvalue weighted by Crippen LogP contribution is -2.42. The maximum absolute atomic E-state index is 12.9. The van der Waals surface area contributed by atoms with Crippen molar-refractivity contribution in [2.75, 3.05) is 0 Å². The fourth-order valence-corrected chi connectivity index (χ4v) is 2.37. The highest BCUT2D eigenvalue weighted by Crippen LogP contribution is 2.52. The van der Waals surface area contributed by atoms with Gasteiger partial charge in [-0.1, -0.05) is 17.7 Å². The molecule has 16 heavy (non-hydrogen) atoms. The number of halogens is 2. The van der Waals surface area contributed by atoms with Gasteiger partial charge in [0.15, 0.2) is 0 Å². The molecule has 1 saturated carbocycles. The monoisotopic (exact) mass is 243 g/mol. The first-order valence-corrected chi connectivity index (χ1v) is 5.29. The number of hydrogen-bond donors (Lipinski definition) is 2. The minimum absolute atomic E-state index is 0.245. The van der Waals surface area contributed by atoms with Crippen molar-refractivity contribution in [2.24, 2.45) is 5.73 Å². The van der Waals surface area contributed by atoms with Gasteiger partial charge >= 0.3 is 5.97 Å². The van der Waals surface area contributed by atoms with E-state index in [-0.39, 0.29) is 5.02 Å². The Morgan fingerprint density at radius 2 is 2.19 bits per heavy atom. The van der Waals surface area contributed by atoms with Crippen LogP contribution in [0.15, 0.2) is 18.2 Å². The molecule has 3 nitrogen and oxygen atoms in total. The molecule has 5 heteroatoms. The first-order chi connectivity index (χ1) is 7.47. The van der Waals surface area contributed by atoms with Gasteiger partial charge in [0.2, 0.25) is 0 Å². The molecule has 0 spiro atoms. The summed E-state index contributed by atoms with van der Waals surface area (Å²) in [5, 5.41) is 9.17. The highest BCUT2D eigenvalue weighted by atomic mass is 35.5. The molecule has 86 valence electrons. The van der Waals surface area contributed by atoms with Crippen molar-refractivity contribution < 1.29 is 14.3 Å². The van der Waals surface area contributed by atoms with E-state index in [1.807, 2.05) is 0 Å². The second kappa shape index (κ2) is 3.71. The molecular weight excluding hydrogens is 233 g/mol. The maximum Gasteiger partial charge on any atom is 0.321 e. The van der Waals surface area contributed by atoms with E-state index in [0.29, 0.717) is 18.4 Å². The van der Waals surface area contributed by atoms with E-state index >= 15 is 0 Å². The summed E-state index contributed by atoms with van der Waals surface area (Å²) in [6.07, 6.45) is 1.34. The van der Waals surface area contributed by atoms with Gasteiger partial charge in [-0.2, -0.15) is 0 Å². The molecule has 0 bridgehead atoms. The molecule has 1 aliphatic rings. The van der Waals surface area contributed by atoms with Gasteiger partial charge in [0, 0.05) is 10.4 Å². The van der Waals surface area contributed by atoms with Gasteiger partial charge in [0.1, 0.15) is 11.9 Å². The Morgan fingerprint density at radius 1 is 1.56 bits per heavy atom. The number of carbonyl (C=O) groups is 1. The second-order valence-electron chi connectivity index (χ2n) is 4.10. The summed E-state index contributed by atoms with van der Waals surface area (Å²) in [6, 6.07) is 2.99. The largest absolute Gasteiger partial charge is 0.480 e. The first-order valence-electron chi connectivity index (χ1n) is 4.91. The summed E-state index contributed by atoms with van der Waals surface area (Å²) in [5.41, 5.74) is 5.66. The van der Waals surface area contributed by atoms with Crippen LogP contribution in [0.2, 0.25) is 5.02 Å². The lowest BCUT2D eigenvalue weighted by atomic mass is 9.88. The van der Waals surface area contributed by atoms with Gasteiger partial charge in [-0.3, -0.25) is 4.79 Å².